The van der Waals surface area contributed by atoms with Crippen LogP contribution in [0.1, 0.15) is 27.6 Å². The predicted molar refractivity (Wildman–Crippen MR) is 103 cm³/mol. The van der Waals surface area contributed by atoms with Crippen LogP contribution in [0.2, 0.25) is 5.02 Å². The third-order valence-corrected chi connectivity index (χ3v) is 4.89. The first-order chi connectivity index (χ1) is 12.9. The van der Waals surface area contributed by atoms with E-state index in [1.54, 1.807) is 35.2 Å². The molecule has 5 nitrogen and oxygen atoms in total. The average molecular weight is 391 g/mol. The molecule has 0 aromatic heterocycles. The smallest absolute Gasteiger partial charge is 0.257 e. The Morgan fingerprint density at radius 3 is 2.37 bits per heavy atom. The minimum absolute atomic E-state index is 0.165. The molecule has 0 N–H and O–H groups in total. The molecule has 1 heterocycles. The van der Waals surface area contributed by atoms with Crippen molar-refractivity contribution < 1.29 is 18.7 Å². The van der Waals surface area contributed by atoms with Crippen LogP contribution in [0.4, 0.5) is 10.1 Å². The van der Waals surface area contributed by atoms with E-state index < -0.39 is 5.82 Å². The second-order valence-corrected chi connectivity index (χ2v) is 6.78. The maximum Gasteiger partial charge on any atom is 0.257 e. The number of benzene rings is 2. The van der Waals surface area contributed by atoms with Crippen molar-refractivity contribution in [2.45, 2.75) is 6.92 Å². The van der Waals surface area contributed by atoms with Crippen molar-refractivity contribution in [3.05, 3.63) is 58.4 Å². The van der Waals surface area contributed by atoms with E-state index in [0.29, 0.717) is 53.8 Å². The van der Waals surface area contributed by atoms with E-state index in [2.05, 4.69) is 0 Å². The molecule has 0 spiro atoms. The molecule has 0 bridgehead atoms. The normalized spacial score (nSPS) is 14.2. The van der Waals surface area contributed by atoms with Gasteiger partial charge < -0.3 is 14.5 Å². The molecule has 2 aromatic carbocycles. The van der Waals surface area contributed by atoms with Crippen LogP contribution in [0, 0.1) is 5.82 Å². The number of ether oxygens (including phenoxy) is 1. The fraction of sp³-hybridized carbons (Fsp3) is 0.300. The summed E-state index contributed by atoms with van der Waals surface area (Å²) in [5.41, 5.74) is 1.20. The molecule has 1 fully saturated rings. The van der Waals surface area contributed by atoms with Crippen molar-refractivity contribution >= 4 is 29.0 Å². The largest absolute Gasteiger partial charge is 0.496 e. The van der Waals surface area contributed by atoms with Crippen LogP contribution in [-0.4, -0.2) is 49.9 Å². The second-order valence-electron chi connectivity index (χ2n) is 6.35. The standard InChI is InChI=1S/C20H20ClFN2O3/c1-13(25)14-3-5-18(17(22)11-14)23-7-9-24(10-8-23)20(26)16-12-15(21)4-6-19(16)27-2/h3-6,11-12H,7-10H2,1-2H3. The van der Waals surface area contributed by atoms with Crippen LogP contribution in [0.25, 0.3) is 0 Å². The molecule has 0 radical (unpaired) electrons. The summed E-state index contributed by atoms with van der Waals surface area (Å²) in [5, 5.41) is 0.463. The number of piperazine rings is 1. The molecule has 27 heavy (non-hydrogen) atoms. The van der Waals surface area contributed by atoms with Crippen LogP contribution in [-0.2, 0) is 0 Å². The molecule has 1 aliphatic heterocycles. The molecule has 0 atom stereocenters. The second kappa shape index (κ2) is 7.96. The number of ketones is 1. The molecule has 1 amide bonds. The van der Waals surface area contributed by atoms with Gasteiger partial charge in [0.05, 0.1) is 18.4 Å². The third kappa shape index (κ3) is 4.06. The zero-order valence-corrected chi connectivity index (χ0v) is 15.9. The Morgan fingerprint density at radius 2 is 1.78 bits per heavy atom. The van der Waals surface area contributed by atoms with Crippen molar-refractivity contribution in [2.75, 3.05) is 38.2 Å². The highest BCUT2D eigenvalue weighted by Gasteiger charge is 2.26. The number of hydrogen-bond donors (Lipinski definition) is 0. The zero-order valence-electron chi connectivity index (χ0n) is 15.2. The van der Waals surface area contributed by atoms with E-state index in [-0.39, 0.29) is 11.7 Å². The number of carbonyl (C=O) groups excluding carboxylic acids is 2. The Labute approximate surface area is 162 Å². The number of amides is 1. The molecule has 0 aliphatic carbocycles. The summed E-state index contributed by atoms with van der Waals surface area (Å²) in [6.45, 7) is 3.28. The highest BCUT2D eigenvalue weighted by atomic mass is 35.5. The first-order valence-electron chi connectivity index (χ1n) is 8.59. The monoisotopic (exact) mass is 390 g/mol. The number of carbonyl (C=O) groups is 2. The maximum absolute atomic E-state index is 14.4. The highest BCUT2D eigenvalue weighted by Crippen LogP contribution is 2.26. The maximum atomic E-state index is 14.4. The quantitative estimate of drug-likeness (QED) is 0.748. The Kier molecular flexibility index (Phi) is 5.65. The topological polar surface area (TPSA) is 49.9 Å². The lowest BCUT2D eigenvalue weighted by Crippen LogP contribution is -2.49. The van der Waals surface area contributed by atoms with Gasteiger partial charge in [-0.15, -0.1) is 0 Å². The van der Waals surface area contributed by atoms with Crippen LogP contribution < -0.4 is 9.64 Å². The average Bonchev–Trinajstić information content (AvgIpc) is 2.67. The molecule has 7 heteroatoms. The van der Waals surface area contributed by atoms with Gasteiger partial charge in [-0.2, -0.15) is 0 Å². The predicted octanol–water partition coefficient (Wildman–Crippen LogP) is 3.65. The molecule has 2 aromatic rings. The lowest BCUT2D eigenvalue weighted by molar-refractivity contribution is 0.0743. The van der Waals surface area contributed by atoms with Gasteiger partial charge in [0.25, 0.3) is 5.91 Å². The fourth-order valence-corrected chi connectivity index (χ4v) is 3.32. The van der Waals surface area contributed by atoms with Crippen molar-refractivity contribution in [3.8, 4) is 5.75 Å². The molecule has 0 saturated carbocycles. The van der Waals surface area contributed by atoms with Gasteiger partial charge in [-0.25, -0.2) is 4.39 Å². The molecular formula is C20H20ClFN2O3. The van der Waals surface area contributed by atoms with Crippen molar-refractivity contribution in [3.63, 3.8) is 0 Å². The molecular weight excluding hydrogens is 371 g/mol. The summed E-state index contributed by atoms with van der Waals surface area (Å²) in [5.74, 6) is -0.301. The van der Waals surface area contributed by atoms with Crippen molar-refractivity contribution in [2.24, 2.45) is 0 Å². The summed E-state index contributed by atoms with van der Waals surface area (Å²) in [7, 11) is 1.51. The minimum atomic E-state index is -0.431. The van der Waals surface area contributed by atoms with E-state index in [1.165, 1.54) is 20.1 Å². The van der Waals surface area contributed by atoms with Crippen LogP contribution in [0.5, 0.6) is 5.75 Å². The molecule has 142 valence electrons. The van der Waals surface area contributed by atoms with E-state index in [1.807, 2.05) is 4.90 Å². The van der Waals surface area contributed by atoms with Crippen LogP contribution in [0.3, 0.4) is 0 Å². The molecule has 1 aliphatic rings. The lowest BCUT2D eigenvalue weighted by atomic mass is 10.1. The van der Waals surface area contributed by atoms with Crippen LogP contribution >= 0.6 is 11.6 Å². The highest BCUT2D eigenvalue weighted by molar-refractivity contribution is 6.31. The van der Waals surface area contributed by atoms with Gasteiger partial charge in [0, 0.05) is 36.8 Å². The Morgan fingerprint density at radius 1 is 1.07 bits per heavy atom. The number of methoxy groups -OCH3 is 1. The summed E-state index contributed by atoms with van der Waals surface area (Å²) in [6, 6.07) is 9.42. The number of halogens is 2. The number of Topliss-reactive ketones (excluding diaryl/α,β-unsaturated/α-hetero) is 1. The summed E-state index contributed by atoms with van der Waals surface area (Å²) in [4.78, 5) is 27.8. The van der Waals surface area contributed by atoms with Crippen molar-refractivity contribution in [1.29, 1.82) is 0 Å². The minimum Gasteiger partial charge on any atom is -0.496 e. The number of hydrogen-bond acceptors (Lipinski definition) is 4. The van der Waals surface area contributed by atoms with Gasteiger partial charge >= 0.3 is 0 Å². The lowest BCUT2D eigenvalue weighted by Gasteiger charge is -2.36. The SMILES string of the molecule is COc1ccc(Cl)cc1C(=O)N1CCN(c2ccc(C(C)=O)cc2F)CC1. The zero-order chi connectivity index (χ0) is 19.6. The Bertz CT molecular complexity index is 880. The first kappa shape index (κ1) is 19.2. The summed E-state index contributed by atoms with van der Waals surface area (Å²) < 4.78 is 19.6. The number of nitrogens with zero attached hydrogens (tertiary/aromatic N) is 2. The van der Waals surface area contributed by atoms with Gasteiger partial charge in [0.2, 0.25) is 0 Å². The van der Waals surface area contributed by atoms with Gasteiger partial charge in [0.15, 0.2) is 5.78 Å². The van der Waals surface area contributed by atoms with E-state index in [0.717, 1.165) is 0 Å². The van der Waals surface area contributed by atoms with Crippen molar-refractivity contribution in [1.82, 2.24) is 4.90 Å². The molecule has 0 unspecified atom stereocenters. The van der Waals surface area contributed by atoms with E-state index >= 15 is 0 Å². The fourth-order valence-electron chi connectivity index (χ4n) is 3.15. The Balaban J connectivity index is 1.71. The summed E-state index contributed by atoms with van der Waals surface area (Å²) in [6.07, 6.45) is 0. The van der Waals surface area contributed by atoms with Crippen LogP contribution in [0.15, 0.2) is 36.4 Å². The number of anilines is 1. The van der Waals surface area contributed by atoms with Gasteiger partial charge in [0.1, 0.15) is 11.6 Å². The third-order valence-electron chi connectivity index (χ3n) is 4.65. The molecule has 3 rings (SSSR count). The van der Waals surface area contributed by atoms with E-state index in [4.69, 9.17) is 16.3 Å². The van der Waals surface area contributed by atoms with Gasteiger partial charge in [-0.1, -0.05) is 11.6 Å². The van der Waals surface area contributed by atoms with E-state index in [9.17, 15) is 14.0 Å². The summed E-state index contributed by atoms with van der Waals surface area (Å²) >= 11 is 6.01. The number of rotatable bonds is 4. The first-order valence-corrected chi connectivity index (χ1v) is 8.96. The molecule has 1 saturated heterocycles. The van der Waals surface area contributed by atoms with Gasteiger partial charge in [-0.05, 0) is 43.3 Å². The Hall–Kier alpha value is -2.60. The van der Waals surface area contributed by atoms with Gasteiger partial charge in [-0.3, -0.25) is 9.59 Å².